The number of aromatic nitrogens is 4. The van der Waals surface area contributed by atoms with Crippen LogP contribution in [0.1, 0.15) is 19.7 Å². The van der Waals surface area contributed by atoms with E-state index in [1.54, 1.807) is 18.7 Å². The summed E-state index contributed by atoms with van der Waals surface area (Å²) in [6.45, 7) is 3.74. The molecule has 2 atom stereocenters. The molecule has 0 fully saturated rings. The third-order valence-electron chi connectivity index (χ3n) is 2.04. The van der Waals surface area contributed by atoms with Gasteiger partial charge in [0.25, 0.3) is 0 Å². The van der Waals surface area contributed by atoms with Crippen LogP contribution < -0.4 is 0 Å². The summed E-state index contributed by atoms with van der Waals surface area (Å²) in [6, 6.07) is 0. The van der Waals surface area contributed by atoms with Crippen LogP contribution in [0, 0.1) is 5.92 Å². The molecule has 0 aromatic carbocycles. The molecule has 0 radical (unpaired) electrons. The number of tetrazole rings is 1. The predicted octanol–water partition coefficient (Wildman–Crippen LogP) is -0.231. The minimum atomic E-state index is -0.318. The van der Waals surface area contributed by atoms with Gasteiger partial charge < -0.3 is 5.11 Å². The molecule has 1 aromatic heterocycles. The van der Waals surface area contributed by atoms with Crippen molar-refractivity contribution in [3.05, 3.63) is 5.82 Å². The summed E-state index contributed by atoms with van der Waals surface area (Å²) < 4.78 is 1.62. The molecule has 0 bridgehead atoms. The molecule has 0 spiro atoms. The summed E-state index contributed by atoms with van der Waals surface area (Å²) in [4.78, 5) is 0. The number of aliphatic hydroxyl groups excluding tert-OH is 1. The van der Waals surface area contributed by atoms with Crippen LogP contribution >= 0.6 is 0 Å². The Bertz CT molecular complexity index is 245. The second kappa shape index (κ2) is 3.62. The molecule has 0 aliphatic rings. The van der Waals surface area contributed by atoms with Crippen LogP contribution in [0.25, 0.3) is 0 Å². The first-order chi connectivity index (χ1) is 5.61. The van der Waals surface area contributed by atoms with Gasteiger partial charge in [0.1, 0.15) is 0 Å². The van der Waals surface area contributed by atoms with Gasteiger partial charge in [-0.2, -0.15) is 0 Å². The Morgan fingerprint density at radius 1 is 1.50 bits per heavy atom. The van der Waals surface area contributed by atoms with Crippen molar-refractivity contribution in [3.63, 3.8) is 0 Å². The second-order valence-corrected chi connectivity index (χ2v) is 3.14. The third-order valence-corrected chi connectivity index (χ3v) is 2.04. The standard InChI is InChI=1S/C7H14N4O/c1-5(6(2)12)4-7-8-9-10-11(7)3/h5-6,12H,4H2,1-3H3. The lowest BCUT2D eigenvalue weighted by molar-refractivity contribution is 0.133. The fraction of sp³-hybridized carbons (Fsp3) is 0.857. The highest BCUT2D eigenvalue weighted by atomic mass is 16.3. The van der Waals surface area contributed by atoms with Gasteiger partial charge in [-0.1, -0.05) is 6.92 Å². The molecule has 5 nitrogen and oxygen atoms in total. The molecule has 1 rings (SSSR count). The monoisotopic (exact) mass is 170 g/mol. The SMILES string of the molecule is CC(O)C(C)Cc1nnnn1C. The Labute approximate surface area is 71.4 Å². The van der Waals surface area contributed by atoms with E-state index in [0.717, 1.165) is 5.82 Å². The lowest BCUT2D eigenvalue weighted by Crippen LogP contribution is -2.17. The highest BCUT2D eigenvalue weighted by molar-refractivity contribution is 4.83. The Hall–Kier alpha value is -0.970. The molecule has 12 heavy (non-hydrogen) atoms. The lowest BCUT2D eigenvalue weighted by atomic mass is 10.0. The molecule has 0 amide bonds. The van der Waals surface area contributed by atoms with Gasteiger partial charge in [-0.05, 0) is 23.3 Å². The van der Waals surface area contributed by atoms with Gasteiger partial charge in [-0.3, -0.25) is 0 Å². The van der Waals surface area contributed by atoms with Gasteiger partial charge in [0, 0.05) is 13.5 Å². The molecule has 0 saturated carbocycles. The Kier molecular flexibility index (Phi) is 2.75. The molecule has 5 heteroatoms. The first-order valence-electron chi connectivity index (χ1n) is 4.00. The molecule has 0 aliphatic heterocycles. The van der Waals surface area contributed by atoms with Crippen molar-refractivity contribution in [3.8, 4) is 0 Å². The van der Waals surface area contributed by atoms with E-state index in [9.17, 15) is 5.11 Å². The molecule has 1 aromatic rings. The zero-order valence-electron chi connectivity index (χ0n) is 7.60. The van der Waals surface area contributed by atoms with Gasteiger partial charge in [0.15, 0.2) is 5.82 Å². The fourth-order valence-corrected chi connectivity index (χ4v) is 0.879. The molecular weight excluding hydrogens is 156 g/mol. The number of nitrogens with zero attached hydrogens (tertiary/aromatic N) is 4. The zero-order chi connectivity index (χ0) is 9.14. The Morgan fingerprint density at radius 3 is 2.58 bits per heavy atom. The maximum atomic E-state index is 9.23. The number of hydrogen-bond donors (Lipinski definition) is 1. The van der Waals surface area contributed by atoms with E-state index >= 15 is 0 Å². The van der Waals surface area contributed by atoms with Crippen molar-refractivity contribution >= 4 is 0 Å². The molecule has 1 N–H and O–H groups in total. The van der Waals surface area contributed by atoms with E-state index in [1.807, 2.05) is 6.92 Å². The van der Waals surface area contributed by atoms with E-state index < -0.39 is 0 Å². The molecule has 2 unspecified atom stereocenters. The number of aliphatic hydroxyl groups is 1. The zero-order valence-corrected chi connectivity index (χ0v) is 7.60. The number of rotatable bonds is 3. The van der Waals surface area contributed by atoms with E-state index in [-0.39, 0.29) is 12.0 Å². The van der Waals surface area contributed by atoms with Crippen LogP contribution in [0.5, 0.6) is 0 Å². The Balaban J connectivity index is 2.58. The summed E-state index contributed by atoms with van der Waals surface area (Å²) in [5.41, 5.74) is 0. The first kappa shape index (κ1) is 9.12. The third kappa shape index (κ3) is 2.01. The second-order valence-electron chi connectivity index (χ2n) is 3.14. The van der Waals surface area contributed by atoms with E-state index in [1.165, 1.54) is 0 Å². The molecular formula is C7H14N4O. The van der Waals surface area contributed by atoms with Crippen molar-refractivity contribution in [2.75, 3.05) is 0 Å². The van der Waals surface area contributed by atoms with Gasteiger partial charge in [-0.25, -0.2) is 4.68 Å². The summed E-state index contributed by atoms with van der Waals surface area (Å²) in [6.07, 6.45) is 0.392. The maximum Gasteiger partial charge on any atom is 0.151 e. The van der Waals surface area contributed by atoms with Gasteiger partial charge >= 0.3 is 0 Å². The minimum Gasteiger partial charge on any atom is -0.393 e. The van der Waals surface area contributed by atoms with Crippen LogP contribution in [0.4, 0.5) is 0 Å². The predicted molar refractivity (Wildman–Crippen MR) is 43.3 cm³/mol. The van der Waals surface area contributed by atoms with Crippen LogP contribution in [0.3, 0.4) is 0 Å². The summed E-state index contributed by atoms with van der Waals surface area (Å²) in [5.74, 6) is 0.998. The van der Waals surface area contributed by atoms with Gasteiger partial charge in [0.05, 0.1) is 6.10 Å². The Morgan fingerprint density at radius 2 is 2.17 bits per heavy atom. The van der Waals surface area contributed by atoms with Crippen LogP contribution in [-0.4, -0.2) is 31.4 Å². The average molecular weight is 170 g/mol. The van der Waals surface area contributed by atoms with Crippen molar-refractivity contribution in [2.24, 2.45) is 13.0 Å². The summed E-state index contributed by atoms with van der Waals surface area (Å²) >= 11 is 0. The average Bonchev–Trinajstić information content (AvgIpc) is 2.36. The summed E-state index contributed by atoms with van der Waals surface area (Å²) in [5, 5.41) is 20.3. The van der Waals surface area contributed by atoms with Crippen LogP contribution in [-0.2, 0) is 13.5 Å². The number of aryl methyl sites for hydroxylation is 1. The van der Waals surface area contributed by atoms with Crippen LogP contribution in [0.15, 0.2) is 0 Å². The highest BCUT2D eigenvalue weighted by Crippen LogP contribution is 2.07. The molecule has 1 heterocycles. The normalized spacial score (nSPS) is 16.0. The molecule has 0 saturated heterocycles. The minimum absolute atomic E-state index is 0.190. The fourth-order valence-electron chi connectivity index (χ4n) is 0.879. The lowest BCUT2D eigenvalue weighted by Gasteiger charge is -2.12. The van der Waals surface area contributed by atoms with Crippen molar-refractivity contribution in [2.45, 2.75) is 26.4 Å². The highest BCUT2D eigenvalue weighted by Gasteiger charge is 2.12. The topological polar surface area (TPSA) is 63.8 Å². The van der Waals surface area contributed by atoms with Gasteiger partial charge in [-0.15, -0.1) is 5.10 Å². The molecule has 68 valence electrons. The van der Waals surface area contributed by atoms with Crippen LogP contribution in [0.2, 0.25) is 0 Å². The van der Waals surface area contributed by atoms with E-state index in [2.05, 4.69) is 15.5 Å². The largest absolute Gasteiger partial charge is 0.393 e. The maximum absolute atomic E-state index is 9.23. The van der Waals surface area contributed by atoms with Crippen molar-refractivity contribution in [1.29, 1.82) is 0 Å². The summed E-state index contributed by atoms with van der Waals surface area (Å²) in [7, 11) is 1.80. The van der Waals surface area contributed by atoms with E-state index in [0.29, 0.717) is 6.42 Å². The van der Waals surface area contributed by atoms with Crippen molar-refractivity contribution < 1.29 is 5.11 Å². The molecule has 0 aliphatic carbocycles. The van der Waals surface area contributed by atoms with E-state index in [4.69, 9.17) is 0 Å². The van der Waals surface area contributed by atoms with Gasteiger partial charge in [0.2, 0.25) is 0 Å². The number of hydrogen-bond acceptors (Lipinski definition) is 4. The smallest absolute Gasteiger partial charge is 0.151 e. The van der Waals surface area contributed by atoms with Crippen molar-refractivity contribution in [1.82, 2.24) is 20.2 Å². The first-order valence-corrected chi connectivity index (χ1v) is 4.00. The quantitative estimate of drug-likeness (QED) is 0.680.